The van der Waals surface area contributed by atoms with E-state index in [2.05, 4.69) is 18.1 Å². The Hall–Kier alpha value is -3.65. The van der Waals surface area contributed by atoms with E-state index in [1.54, 1.807) is 21.7 Å². The Labute approximate surface area is 196 Å². The van der Waals surface area contributed by atoms with E-state index >= 15 is 0 Å². The van der Waals surface area contributed by atoms with Crippen molar-refractivity contribution >= 4 is 23.4 Å². The maximum Gasteiger partial charge on any atom is 0.325 e. The van der Waals surface area contributed by atoms with E-state index < -0.39 is 6.17 Å². The van der Waals surface area contributed by atoms with Crippen LogP contribution >= 0.6 is 11.8 Å². The number of hydrogen-bond donors (Lipinski definition) is 1. The molecule has 2 aromatic carbocycles. The highest BCUT2D eigenvalue weighted by Gasteiger charge is 2.45. The molecule has 1 N–H and O–H groups in total. The molecule has 2 heterocycles. The number of benzene rings is 2. The first-order valence-corrected chi connectivity index (χ1v) is 11.6. The van der Waals surface area contributed by atoms with Crippen molar-refractivity contribution in [3.05, 3.63) is 89.8 Å². The number of carbonyl (C=O) groups is 1. The molecular formula is C25H25N4O3S+. The lowest BCUT2D eigenvalue weighted by Crippen LogP contribution is -2.60. The van der Waals surface area contributed by atoms with Crippen molar-refractivity contribution in [1.82, 2.24) is 10.1 Å². The molecule has 4 rings (SSSR count). The molecule has 1 aliphatic rings. The second-order valence-electron chi connectivity index (χ2n) is 7.33. The average Bonchev–Trinajstić information content (AvgIpc) is 2.84. The fraction of sp³-hybridized carbons (Fsp3) is 0.200. The molecule has 7 nitrogen and oxygen atoms in total. The number of fused-ring (bicyclic) bond motifs is 3. The predicted octanol–water partition coefficient (Wildman–Crippen LogP) is 3.87. The number of para-hydroxylation sites is 1. The van der Waals surface area contributed by atoms with Gasteiger partial charge >= 0.3 is 11.3 Å². The summed E-state index contributed by atoms with van der Waals surface area (Å²) in [5.41, 5.74) is 2.24. The lowest BCUT2D eigenvalue weighted by molar-refractivity contribution is -0.763. The maximum absolute atomic E-state index is 13.3. The fourth-order valence-corrected chi connectivity index (χ4v) is 4.42. The van der Waals surface area contributed by atoms with Crippen LogP contribution in [0.25, 0.3) is 11.3 Å². The molecule has 0 radical (unpaired) electrons. The molecule has 1 amide bonds. The molecule has 0 saturated carbocycles. The first-order chi connectivity index (χ1) is 16.1. The Morgan fingerprint density at radius 2 is 2.06 bits per heavy atom. The molecule has 168 valence electrons. The van der Waals surface area contributed by atoms with Crippen LogP contribution in [-0.2, 0) is 4.79 Å². The summed E-state index contributed by atoms with van der Waals surface area (Å²) in [6.07, 6.45) is 3.06. The van der Waals surface area contributed by atoms with Crippen LogP contribution in [0.1, 0.15) is 25.1 Å². The average molecular weight is 462 g/mol. The van der Waals surface area contributed by atoms with Gasteiger partial charge < -0.3 is 4.74 Å². The number of anilines is 1. The van der Waals surface area contributed by atoms with Crippen LogP contribution in [0.5, 0.6) is 5.75 Å². The summed E-state index contributed by atoms with van der Waals surface area (Å²) < 4.78 is 7.38. The van der Waals surface area contributed by atoms with Gasteiger partial charge in [-0.1, -0.05) is 55.6 Å². The third kappa shape index (κ3) is 4.34. The normalized spacial score (nSPS) is 14.2. The van der Waals surface area contributed by atoms with Crippen molar-refractivity contribution in [2.24, 2.45) is 0 Å². The van der Waals surface area contributed by atoms with Crippen molar-refractivity contribution in [2.75, 3.05) is 17.3 Å². The van der Waals surface area contributed by atoms with Crippen LogP contribution in [0.15, 0.2) is 83.8 Å². The molecule has 33 heavy (non-hydrogen) atoms. The van der Waals surface area contributed by atoms with Gasteiger partial charge in [-0.05, 0) is 35.0 Å². The first-order valence-electron chi connectivity index (χ1n) is 10.6. The van der Waals surface area contributed by atoms with Gasteiger partial charge in [-0.3, -0.25) is 14.6 Å². The lowest BCUT2D eigenvalue weighted by Gasteiger charge is -2.32. The molecule has 1 unspecified atom stereocenters. The van der Waals surface area contributed by atoms with E-state index in [-0.39, 0.29) is 11.5 Å². The first kappa shape index (κ1) is 22.5. The number of thioether (sulfide) groups is 1. The second kappa shape index (κ2) is 9.87. The number of amides is 1. The number of hydrogen-bond acceptors (Lipinski definition) is 5. The van der Waals surface area contributed by atoms with Gasteiger partial charge in [-0.15, -0.1) is 6.58 Å². The third-order valence-electron chi connectivity index (χ3n) is 5.19. The van der Waals surface area contributed by atoms with Gasteiger partial charge in [0.1, 0.15) is 12.4 Å². The van der Waals surface area contributed by atoms with Gasteiger partial charge in [-0.2, -0.15) is 0 Å². The summed E-state index contributed by atoms with van der Waals surface area (Å²) in [6.45, 7) is 9.61. The van der Waals surface area contributed by atoms with Crippen LogP contribution in [0, 0.1) is 0 Å². The Morgan fingerprint density at radius 3 is 2.82 bits per heavy atom. The summed E-state index contributed by atoms with van der Waals surface area (Å²) in [5, 5.41) is 5.21. The van der Waals surface area contributed by atoms with E-state index in [4.69, 9.17) is 9.84 Å². The molecule has 8 heteroatoms. The highest BCUT2D eigenvalue weighted by Crippen LogP contribution is 2.38. The number of H-pyrrole nitrogens is 1. The predicted molar refractivity (Wildman–Crippen MR) is 129 cm³/mol. The van der Waals surface area contributed by atoms with Crippen LogP contribution in [0.2, 0.25) is 0 Å². The minimum atomic E-state index is -0.653. The molecule has 0 fully saturated rings. The smallest absolute Gasteiger partial charge is 0.325 e. The summed E-state index contributed by atoms with van der Waals surface area (Å²) in [7, 11) is 0. The zero-order chi connectivity index (χ0) is 23.4. The number of aromatic nitrogens is 3. The Kier molecular flexibility index (Phi) is 6.74. The standard InChI is InChI=1S/C25H24N4O3S/c1-4-14-32-18-11-9-10-17(16-18)24-28(21(30)6-3)20-13-8-7-12-19(20)22-23(31)26-25(27-29(22)24)33-15-5-2/h4-5,7-13,16,24H,1-2,6,14-15H2,3H3/p+1. The molecule has 0 spiro atoms. The van der Waals surface area contributed by atoms with E-state index in [1.165, 1.54) is 11.8 Å². The van der Waals surface area contributed by atoms with Crippen LogP contribution in [-0.4, -0.2) is 28.3 Å². The van der Waals surface area contributed by atoms with Crippen molar-refractivity contribution in [2.45, 2.75) is 24.7 Å². The molecule has 0 bridgehead atoms. The van der Waals surface area contributed by atoms with Gasteiger partial charge in [0.2, 0.25) is 11.1 Å². The van der Waals surface area contributed by atoms with E-state index in [1.807, 2.05) is 55.5 Å². The topological polar surface area (TPSA) is 79.2 Å². The van der Waals surface area contributed by atoms with Gasteiger partial charge in [0, 0.05) is 22.8 Å². The molecule has 1 aromatic heterocycles. The number of ether oxygens (including phenoxy) is 1. The summed E-state index contributed by atoms with van der Waals surface area (Å²) >= 11 is 1.37. The lowest BCUT2D eigenvalue weighted by atomic mass is 10.0. The number of carbonyl (C=O) groups excluding carboxylic acids is 1. The summed E-state index contributed by atoms with van der Waals surface area (Å²) in [6, 6.07) is 14.9. The van der Waals surface area contributed by atoms with Crippen LogP contribution < -0.4 is 19.9 Å². The van der Waals surface area contributed by atoms with Crippen LogP contribution in [0.4, 0.5) is 5.69 Å². The van der Waals surface area contributed by atoms with Crippen molar-refractivity contribution in [3.63, 3.8) is 0 Å². The molecule has 1 atom stereocenters. The zero-order valence-corrected chi connectivity index (χ0v) is 19.2. The van der Waals surface area contributed by atoms with E-state index in [0.29, 0.717) is 46.6 Å². The monoisotopic (exact) mass is 461 g/mol. The van der Waals surface area contributed by atoms with E-state index in [9.17, 15) is 9.59 Å². The quantitative estimate of drug-likeness (QED) is 0.313. The zero-order valence-electron chi connectivity index (χ0n) is 18.4. The molecular weight excluding hydrogens is 436 g/mol. The summed E-state index contributed by atoms with van der Waals surface area (Å²) in [4.78, 5) is 31.1. The Bertz CT molecular complexity index is 1270. The molecule has 0 aliphatic carbocycles. The molecule has 1 aliphatic heterocycles. The Balaban J connectivity index is 1.98. The maximum atomic E-state index is 13.3. The summed E-state index contributed by atoms with van der Waals surface area (Å²) in [5.74, 6) is 1.15. The number of aromatic amines is 1. The van der Waals surface area contributed by atoms with Gasteiger partial charge in [0.05, 0.1) is 11.3 Å². The van der Waals surface area contributed by atoms with Gasteiger partial charge in [-0.25, -0.2) is 4.90 Å². The third-order valence-corrected chi connectivity index (χ3v) is 6.05. The van der Waals surface area contributed by atoms with Crippen LogP contribution in [0.3, 0.4) is 0 Å². The minimum absolute atomic E-state index is 0.0783. The van der Waals surface area contributed by atoms with Gasteiger partial charge in [0.15, 0.2) is 0 Å². The van der Waals surface area contributed by atoms with Gasteiger partial charge in [0.25, 0.3) is 6.17 Å². The van der Waals surface area contributed by atoms with Crippen molar-refractivity contribution in [3.8, 4) is 17.0 Å². The minimum Gasteiger partial charge on any atom is -0.490 e. The second-order valence-corrected chi connectivity index (χ2v) is 8.34. The van der Waals surface area contributed by atoms with Crippen molar-refractivity contribution < 1.29 is 14.2 Å². The van der Waals surface area contributed by atoms with Crippen molar-refractivity contribution in [1.29, 1.82) is 0 Å². The molecule has 0 saturated heterocycles. The number of nitrogens with one attached hydrogen (secondary N) is 1. The Morgan fingerprint density at radius 1 is 1.24 bits per heavy atom. The number of rotatable bonds is 8. The SMILES string of the molecule is C=CCOc1cccc(C2N(C(=O)CC)c3ccccc3-c3c(=O)[nH]c(SCC=C)n[n+]32)c1. The highest BCUT2D eigenvalue weighted by molar-refractivity contribution is 7.99. The fourth-order valence-electron chi connectivity index (χ4n) is 3.84. The largest absolute Gasteiger partial charge is 0.490 e. The highest BCUT2D eigenvalue weighted by atomic mass is 32.2. The number of nitrogens with zero attached hydrogens (tertiary/aromatic N) is 3. The molecule has 3 aromatic rings. The van der Waals surface area contributed by atoms with E-state index in [0.717, 1.165) is 5.56 Å².